The molecule has 1 aromatic rings. The standard InChI is InChI=1S/C14H18N2OS/c1-16-12-5-4-10(7-11-3-2-6-15-11)8-13(12)18-9-14(16)17/h4-5,8,11,15H,2-3,6-7,9H2,1H3. The second kappa shape index (κ2) is 4.94. The molecule has 0 saturated carbocycles. The lowest BCUT2D eigenvalue weighted by molar-refractivity contribution is -0.116. The number of anilines is 1. The average molecular weight is 262 g/mol. The van der Waals surface area contributed by atoms with Gasteiger partial charge in [-0.25, -0.2) is 0 Å². The molecule has 1 amide bonds. The van der Waals surface area contributed by atoms with Crippen LogP contribution in [0.2, 0.25) is 0 Å². The van der Waals surface area contributed by atoms with Gasteiger partial charge in [0.2, 0.25) is 5.91 Å². The molecule has 18 heavy (non-hydrogen) atoms. The van der Waals surface area contributed by atoms with Crippen LogP contribution in [0.3, 0.4) is 0 Å². The van der Waals surface area contributed by atoms with Crippen LogP contribution in [0.4, 0.5) is 5.69 Å². The van der Waals surface area contributed by atoms with E-state index in [0.29, 0.717) is 11.8 Å². The van der Waals surface area contributed by atoms with Crippen molar-refractivity contribution < 1.29 is 4.79 Å². The Balaban J connectivity index is 1.80. The lowest BCUT2D eigenvalue weighted by Crippen LogP contribution is -2.31. The van der Waals surface area contributed by atoms with Gasteiger partial charge in [0, 0.05) is 18.0 Å². The molecular formula is C14H18N2OS. The minimum atomic E-state index is 0.192. The largest absolute Gasteiger partial charge is 0.314 e. The Labute approximate surface area is 112 Å². The van der Waals surface area contributed by atoms with Gasteiger partial charge in [-0.2, -0.15) is 0 Å². The van der Waals surface area contributed by atoms with Crippen molar-refractivity contribution in [3.63, 3.8) is 0 Å². The van der Waals surface area contributed by atoms with Gasteiger partial charge in [-0.15, -0.1) is 11.8 Å². The fraction of sp³-hybridized carbons (Fsp3) is 0.500. The summed E-state index contributed by atoms with van der Waals surface area (Å²) in [5.41, 5.74) is 2.43. The quantitative estimate of drug-likeness (QED) is 0.885. The predicted molar refractivity (Wildman–Crippen MR) is 75.3 cm³/mol. The van der Waals surface area contributed by atoms with E-state index < -0.39 is 0 Å². The second-order valence-corrected chi connectivity index (χ2v) is 6.06. The van der Waals surface area contributed by atoms with Crippen molar-refractivity contribution >= 4 is 23.4 Å². The molecule has 0 bridgehead atoms. The molecule has 1 aromatic carbocycles. The molecule has 0 aliphatic carbocycles. The SMILES string of the molecule is CN1C(=O)CSc2cc(CC3CCCN3)ccc21. The Morgan fingerprint density at radius 1 is 1.50 bits per heavy atom. The van der Waals surface area contributed by atoms with Crippen LogP contribution in [0.25, 0.3) is 0 Å². The van der Waals surface area contributed by atoms with Gasteiger partial charge in [0.1, 0.15) is 0 Å². The number of hydrogen-bond acceptors (Lipinski definition) is 3. The highest BCUT2D eigenvalue weighted by Gasteiger charge is 2.22. The molecule has 2 heterocycles. The maximum absolute atomic E-state index is 11.6. The predicted octanol–water partition coefficient (Wildman–Crippen LogP) is 2.05. The molecule has 2 aliphatic rings. The highest BCUT2D eigenvalue weighted by molar-refractivity contribution is 8.00. The number of carbonyl (C=O) groups excluding carboxylic acids is 1. The summed E-state index contributed by atoms with van der Waals surface area (Å²) >= 11 is 1.66. The number of rotatable bonds is 2. The van der Waals surface area contributed by atoms with E-state index in [0.717, 1.165) is 18.7 Å². The smallest absolute Gasteiger partial charge is 0.237 e. The van der Waals surface area contributed by atoms with Crippen molar-refractivity contribution in [3.8, 4) is 0 Å². The number of nitrogens with one attached hydrogen (secondary N) is 1. The highest BCUT2D eigenvalue weighted by atomic mass is 32.2. The van der Waals surface area contributed by atoms with E-state index in [1.165, 1.54) is 23.3 Å². The average Bonchev–Trinajstić information content (AvgIpc) is 2.87. The van der Waals surface area contributed by atoms with E-state index in [9.17, 15) is 4.79 Å². The third-order valence-electron chi connectivity index (χ3n) is 3.76. The maximum atomic E-state index is 11.6. The van der Waals surface area contributed by atoms with Crippen molar-refractivity contribution in [2.45, 2.75) is 30.2 Å². The molecule has 0 spiro atoms. The Bertz CT molecular complexity index is 469. The van der Waals surface area contributed by atoms with Gasteiger partial charge in [0.05, 0.1) is 11.4 Å². The Hall–Kier alpha value is -1.00. The van der Waals surface area contributed by atoms with Crippen LogP contribution in [0, 0.1) is 0 Å². The van der Waals surface area contributed by atoms with Gasteiger partial charge in [-0.05, 0) is 43.5 Å². The summed E-state index contributed by atoms with van der Waals surface area (Å²) < 4.78 is 0. The third kappa shape index (κ3) is 2.27. The molecule has 96 valence electrons. The molecular weight excluding hydrogens is 244 g/mol. The lowest BCUT2D eigenvalue weighted by Gasteiger charge is -2.25. The number of fused-ring (bicyclic) bond motifs is 1. The van der Waals surface area contributed by atoms with Gasteiger partial charge >= 0.3 is 0 Å². The highest BCUT2D eigenvalue weighted by Crippen LogP contribution is 2.35. The minimum Gasteiger partial charge on any atom is -0.314 e. The van der Waals surface area contributed by atoms with Crippen LogP contribution in [0.1, 0.15) is 18.4 Å². The Kier molecular flexibility index (Phi) is 3.31. The van der Waals surface area contributed by atoms with Crippen molar-refractivity contribution in [1.82, 2.24) is 5.32 Å². The zero-order chi connectivity index (χ0) is 12.5. The second-order valence-electron chi connectivity index (χ2n) is 5.04. The normalized spacial score (nSPS) is 23.3. The summed E-state index contributed by atoms with van der Waals surface area (Å²) in [6.45, 7) is 1.15. The van der Waals surface area contributed by atoms with Gasteiger partial charge in [-0.3, -0.25) is 4.79 Å². The van der Waals surface area contributed by atoms with Crippen LogP contribution >= 0.6 is 11.8 Å². The molecule has 0 radical (unpaired) electrons. The van der Waals surface area contributed by atoms with Crippen LogP contribution < -0.4 is 10.2 Å². The van der Waals surface area contributed by atoms with Crippen molar-refractivity contribution in [2.24, 2.45) is 0 Å². The zero-order valence-electron chi connectivity index (χ0n) is 10.6. The first-order valence-corrected chi connectivity index (χ1v) is 7.48. The van der Waals surface area contributed by atoms with E-state index in [-0.39, 0.29) is 5.91 Å². The molecule has 2 aliphatic heterocycles. The number of thioether (sulfide) groups is 1. The molecule has 3 rings (SSSR count). The summed E-state index contributed by atoms with van der Waals surface area (Å²) in [6, 6.07) is 7.14. The van der Waals surface area contributed by atoms with Crippen LogP contribution in [-0.4, -0.2) is 31.3 Å². The molecule has 0 aromatic heterocycles. The van der Waals surface area contributed by atoms with Crippen molar-refractivity contribution in [1.29, 1.82) is 0 Å². The van der Waals surface area contributed by atoms with Crippen molar-refractivity contribution in [2.75, 3.05) is 24.2 Å². The maximum Gasteiger partial charge on any atom is 0.237 e. The number of carbonyl (C=O) groups is 1. The summed E-state index contributed by atoms with van der Waals surface area (Å²) in [5.74, 6) is 0.756. The van der Waals surface area contributed by atoms with E-state index in [2.05, 4.69) is 23.5 Å². The summed E-state index contributed by atoms with van der Waals surface area (Å²) in [4.78, 5) is 14.6. The van der Waals surface area contributed by atoms with Gasteiger partial charge in [-0.1, -0.05) is 6.07 Å². The summed E-state index contributed by atoms with van der Waals surface area (Å²) in [6.07, 6.45) is 3.68. The van der Waals surface area contributed by atoms with Crippen LogP contribution in [-0.2, 0) is 11.2 Å². The first kappa shape index (κ1) is 12.1. The first-order chi connectivity index (χ1) is 8.74. The number of benzene rings is 1. The van der Waals surface area contributed by atoms with E-state index in [4.69, 9.17) is 0 Å². The fourth-order valence-corrected chi connectivity index (χ4v) is 3.72. The molecule has 1 unspecified atom stereocenters. The Morgan fingerprint density at radius 2 is 2.39 bits per heavy atom. The number of nitrogens with zero attached hydrogens (tertiary/aromatic N) is 1. The van der Waals surface area contributed by atoms with E-state index in [1.54, 1.807) is 16.7 Å². The molecule has 1 atom stereocenters. The van der Waals surface area contributed by atoms with E-state index in [1.807, 2.05) is 7.05 Å². The minimum absolute atomic E-state index is 0.192. The molecule has 1 saturated heterocycles. The topological polar surface area (TPSA) is 32.3 Å². The zero-order valence-corrected chi connectivity index (χ0v) is 11.4. The van der Waals surface area contributed by atoms with Crippen molar-refractivity contribution in [3.05, 3.63) is 23.8 Å². The number of amides is 1. The first-order valence-electron chi connectivity index (χ1n) is 6.50. The molecule has 1 fully saturated rings. The summed E-state index contributed by atoms with van der Waals surface area (Å²) in [5, 5.41) is 3.53. The van der Waals surface area contributed by atoms with Gasteiger partial charge in [0.25, 0.3) is 0 Å². The van der Waals surface area contributed by atoms with Gasteiger partial charge < -0.3 is 10.2 Å². The third-order valence-corrected chi connectivity index (χ3v) is 4.78. The fourth-order valence-electron chi connectivity index (χ4n) is 2.66. The van der Waals surface area contributed by atoms with E-state index >= 15 is 0 Å². The molecule has 4 heteroatoms. The number of hydrogen-bond donors (Lipinski definition) is 1. The summed E-state index contributed by atoms with van der Waals surface area (Å²) in [7, 11) is 1.86. The van der Waals surface area contributed by atoms with Gasteiger partial charge in [0.15, 0.2) is 0 Å². The lowest BCUT2D eigenvalue weighted by atomic mass is 10.0. The van der Waals surface area contributed by atoms with Crippen LogP contribution in [0.5, 0.6) is 0 Å². The van der Waals surface area contributed by atoms with Crippen LogP contribution in [0.15, 0.2) is 23.1 Å². The Morgan fingerprint density at radius 3 is 3.17 bits per heavy atom. The molecule has 1 N–H and O–H groups in total. The monoisotopic (exact) mass is 262 g/mol. The molecule has 3 nitrogen and oxygen atoms in total.